The molecule has 2 atom stereocenters. The Morgan fingerprint density at radius 1 is 0.721 bits per heavy atom. The van der Waals surface area contributed by atoms with Gasteiger partial charge in [-0.05, 0) is 127 Å². The molecule has 2 aliphatic carbocycles. The number of rotatable bonds is 4. The molecule has 0 heterocycles. The molecule has 43 heavy (non-hydrogen) atoms. The molecule has 10 nitrogen and oxygen atoms in total. The summed E-state index contributed by atoms with van der Waals surface area (Å²) >= 11 is 0. The Bertz CT molecular complexity index is 1400. The summed E-state index contributed by atoms with van der Waals surface area (Å²) in [4.78, 5) is 46.8. The number of carboxylic acid groups (broad SMARTS) is 1. The minimum atomic E-state index is -0.918. The Kier molecular flexibility index (Phi) is 10.1. The van der Waals surface area contributed by atoms with Crippen LogP contribution in [0.2, 0.25) is 0 Å². The van der Waals surface area contributed by atoms with Crippen molar-refractivity contribution in [2.75, 3.05) is 7.05 Å². The van der Waals surface area contributed by atoms with Crippen LogP contribution in [0.25, 0.3) is 0 Å². The summed E-state index contributed by atoms with van der Waals surface area (Å²) in [5.41, 5.74) is 6.00. The lowest BCUT2D eigenvalue weighted by atomic mass is 9.97. The van der Waals surface area contributed by atoms with E-state index < -0.39 is 29.4 Å². The molecular formula is C33H45N3O7. The largest absolute Gasteiger partial charge is 0.478 e. The first-order valence-corrected chi connectivity index (χ1v) is 14.6. The Hall–Kier alpha value is -4.08. The smallest absolute Gasteiger partial charge is 0.408 e. The monoisotopic (exact) mass is 595 g/mol. The molecule has 2 aromatic carbocycles. The molecule has 0 fully saturated rings. The Morgan fingerprint density at radius 2 is 1.12 bits per heavy atom. The maximum atomic E-state index is 11.9. The lowest BCUT2D eigenvalue weighted by molar-refractivity contribution is 0.0492. The number of benzene rings is 2. The number of aromatic carboxylic acids is 1. The summed E-state index contributed by atoms with van der Waals surface area (Å²) in [5, 5.41) is 17.6. The van der Waals surface area contributed by atoms with Crippen LogP contribution < -0.4 is 16.0 Å². The summed E-state index contributed by atoms with van der Waals surface area (Å²) in [6, 6.07) is 6.98. The standard InChI is InChI=1S/C17H24N2O3.C16H21NO4/c1-10-11-8-9-14(19-16(21)22-17(2,3)4)13(11)7-6-12(10)15(20)18-5;1-9-10-7-8-13(17-15(20)21-16(2,3)4)12(10)6-5-11(9)14(18)19/h6-7,14H,8-9H2,1-5H3,(H,18,20)(H,19,21);5-6,13H,7-8H2,1-4H3,(H,17,20)(H,18,19)/t14-;13-/m00/s1. The first-order chi connectivity index (χ1) is 19.9. The lowest BCUT2D eigenvalue weighted by Crippen LogP contribution is -2.34. The first-order valence-electron chi connectivity index (χ1n) is 14.6. The van der Waals surface area contributed by atoms with Crippen molar-refractivity contribution in [2.24, 2.45) is 0 Å². The summed E-state index contributed by atoms with van der Waals surface area (Å²) in [5.74, 6) is -0.997. The Labute approximate surface area is 253 Å². The highest BCUT2D eigenvalue weighted by atomic mass is 16.6. The average Bonchev–Trinajstić information content (AvgIpc) is 3.47. The zero-order chi connectivity index (χ0) is 32.3. The number of amides is 3. The third-order valence-corrected chi connectivity index (χ3v) is 7.47. The van der Waals surface area contributed by atoms with Gasteiger partial charge in [0.2, 0.25) is 0 Å². The Balaban J connectivity index is 0.000000236. The predicted molar refractivity (Wildman–Crippen MR) is 164 cm³/mol. The van der Waals surface area contributed by atoms with Crippen molar-refractivity contribution in [1.82, 2.24) is 16.0 Å². The zero-order valence-corrected chi connectivity index (χ0v) is 26.7. The van der Waals surface area contributed by atoms with E-state index in [1.807, 2.05) is 67.5 Å². The summed E-state index contributed by atoms with van der Waals surface area (Å²) in [6.45, 7) is 14.8. The second kappa shape index (κ2) is 13.1. The number of fused-ring (bicyclic) bond motifs is 2. The van der Waals surface area contributed by atoms with E-state index in [1.54, 1.807) is 19.2 Å². The molecule has 0 saturated carbocycles. The van der Waals surface area contributed by atoms with Crippen molar-refractivity contribution in [3.63, 3.8) is 0 Å². The quantitative estimate of drug-likeness (QED) is 0.336. The van der Waals surface area contributed by atoms with Crippen molar-refractivity contribution in [3.05, 3.63) is 68.8 Å². The SMILES string of the molecule is CNC(=O)c1ccc2c(c1C)CC[C@@H]2NC(=O)OC(C)(C)C.Cc1c(C(=O)O)ccc2c1CC[C@@H]2NC(=O)OC(C)(C)C. The van der Waals surface area contributed by atoms with Crippen LogP contribution in [0.3, 0.4) is 0 Å². The molecule has 0 aromatic heterocycles. The van der Waals surface area contributed by atoms with Crippen LogP contribution in [0.4, 0.5) is 9.59 Å². The minimum absolute atomic E-state index is 0.0534. The van der Waals surface area contributed by atoms with Gasteiger partial charge < -0.3 is 30.5 Å². The summed E-state index contributed by atoms with van der Waals surface area (Å²) in [7, 11) is 1.63. The highest BCUT2D eigenvalue weighted by molar-refractivity contribution is 5.96. The normalized spacial score (nSPS) is 17.0. The molecule has 2 aliphatic rings. The molecular weight excluding hydrogens is 550 g/mol. The second-order valence-electron chi connectivity index (χ2n) is 13.0. The van der Waals surface area contributed by atoms with E-state index in [4.69, 9.17) is 14.6 Å². The van der Waals surface area contributed by atoms with Gasteiger partial charge in [-0.15, -0.1) is 0 Å². The molecule has 2 aromatic rings. The first kappa shape index (κ1) is 33.4. The van der Waals surface area contributed by atoms with E-state index in [1.165, 1.54) is 0 Å². The highest BCUT2D eigenvalue weighted by Crippen LogP contribution is 2.36. The van der Waals surface area contributed by atoms with E-state index in [-0.39, 0.29) is 18.0 Å². The molecule has 0 spiro atoms. The van der Waals surface area contributed by atoms with Crippen LogP contribution in [0, 0.1) is 13.8 Å². The topological polar surface area (TPSA) is 143 Å². The van der Waals surface area contributed by atoms with Crippen LogP contribution in [-0.2, 0) is 22.3 Å². The van der Waals surface area contributed by atoms with Crippen LogP contribution in [0.5, 0.6) is 0 Å². The van der Waals surface area contributed by atoms with Crippen molar-refractivity contribution in [2.45, 2.75) is 104 Å². The number of carbonyl (C=O) groups is 4. The van der Waals surface area contributed by atoms with E-state index in [9.17, 15) is 19.2 Å². The molecule has 0 aliphatic heterocycles. The van der Waals surface area contributed by atoms with Crippen LogP contribution in [0.15, 0.2) is 24.3 Å². The van der Waals surface area contributed by atoms with E-state index in [2.05, 4.69) is 16.0 Å². The molecule has 4 N–H and O–H groups in total. The maximum Gasteiger partial charge on any atom is 0.408 e. The predicted octanol–water partition coefficient (Wildman–Crippen LogP) is 6.07. The Morgan fingerprint density at radius 3 is 1.49 bits per heavy atom. The van der Waals surface area contributed by atoms with E-state index in [0.29, 0.717) is 11.1 Å². The number of alkyl carbamates (subject to hydrolysis) is 2. The third kappa shape index (κ3) is 8.49. The van der Waals surface area contributed by atoms with Crippen molar-refractivity contribution >= 4 is 24.1 Å². The highest BCUT2D eigenvalue weighted by Gasteiger charge is 2.30. The molecule has 0 unspecified atom stereocenters. The van der Waals surface area contributed by atoms with Gasteiger partial charge in [0.15, 0.2) is 0 Å². The van der Waals surface area contributed by atoms with Gasteiger partial charge >= 0.3 is 18.2 Å². The fourth-order valence-electron chi connectivity index (χ4n) is 5.57. The molecule has 0 bridgehead atoms. The van der Waals surface area contributed by atoms with Crippen LogP contribution in [-0.4, -0.2) is 47.4 Å². The second-order valence-corrected chi connectivity index (χ2v) is 13.0. The van der Waals surface area contributed by atoms with E-state index >= 15 is 0 Å². The number of carbonyl (C=O) groups excluding carboxylic acids is 3. The summed E-state index contributed by atoms with van der Waals surface area (Å²) < 4.78 is 10.6. The van der Waals surface area contributed by atoms with Crippen molar-refractivity contribution in [1.29, 1.82) is 0 Å². The molecule has 4 rings (SSSR count). The molecule has 234 valence electrons. The fourth-order valence-corrected chi connectivity index (χ4v) is 5.57. The number of carboxylic acids is 1. The number of hydrogen-bond acceptors (Lipinski definition) is 6. The zero-order valence-electron chi connectivity index (χ0n) is 26.7. The molecule has 10 heteroatoms. The van der Waals surface area contributed by atoms with Gasteiger partial charge in [-0.1, -0.05) is 12.1 Å². The van der Waals surface area contributed by atoms with Crippen LogP contribution >= 0.6 is 0 Å². The van der Waals surface area contributed by atoms with Gasteiger partial charge in [-0.3, -0.25) is 4.79 Å². The van der Waals surface area contributed by atoms with Gasteiger partial charge in [0.05, 0.1) is 17.6 Å². The fraction of sp³-hybridized carbons (Fsp3) is 0.515. The summed E-state index contributed by atoms with van der Waals surface area (Å²) in [6.07, 6.45) is 2.36. The van der Waals surface area contributed by atoms with Gasteiger partial charge in [0.25, 0.3) is 5.91 Å². The van der Waals surface area contributed by atoms with Crippen molar-refractivity contribution < 1.29 is 33.8 Å². The lowest BCUT2D eigenvalue weighted by Gasteiger charge is -2.22. The number of hydrogen-bond donors (Lipinski definition) is 4. The number of nitrogens with one attached hydrogen (secondary N) is 3. The maximum absolute atomic E-state index is 11.9. The van der Waals surface area contributed by atoms with Crippen molar-refractivity contribution in [3.8, 4) is 0 Å². The minimum Gasteiger partial charge on any atom is -0.478 e. The van der Waals surface area contributed by atoms with Crippen LogP contribution in [0.1, 0.15) is 121 Å². The molecule has 0 radical (unpaired) electrons. The van der Waals surface area contributed by atoms with Gasteiger partial charge in [0, 0.05) is 12.6 Å². The molecule has 3 amide bonds. The van der Waals surface area contributed by atoms with E-state index in [0.717, 1.165) is 59.1 Å². The number of ether oxygens (including phenoxy) is 2. The van der Waals surface area contributed by atoms with Gasteiger partial charge in [0.1, 0.15) is 11.2 Å². The average molecular weight is 596 g/mol. The third-order valence-electron chi connectivity index (χ3n) is 7.47. The molecule has 0 saturated heterocycles. The van der Waals surface area contributed by atoms with Gasteiger partial charge in [-0.25, -0.2) is 14.4 Å². The van der Waals surface area contributed by atoms with Gasteiger partial charge in [-0.2, -0.15) is 0 Å².